The normalized spacial score (nSPS) is 10.7. The Labute approximate surface area is 79.4 Å². The van der Waals surface area contributed by atoms with Crippen LogP contribution in [0.1, 0.15) is 19.4 Å². The molecule has 0 fully saturated rings. The van der Waals surface area contributed by atoms with Gasteiger partial charge in [-0.1, -0.05) is 30.3 Å². The molecule has 1 aromatic carbocycles. The monoisotopic (exact) mass is 180 g/mol. The summed E-state index contributed by atoms with van der Waals surface area (Å²) in [5.41, 5.74) is 1.27. The Balaban J connectivity index is 2.13. The van der Waals surface area contributed by atoms with E-state index in [1.165, 1.54) is 5.56 Å². The van der Waals surface area contributed by atoms with Gasteiger partial charge in [-0.3, -0.25) is 0 Å². The highest BCUT2D eigenvalue weighted by Crippen LogP contribution is 2.00. The van der Waals surface area contributed by atoms with Crippen molar-refractivity contribution in [2.75, 3.05) is 6.61 Å². The van der Waals surface area contributed by atoms with E-state index in [1.54, 1.807) is 0 Å². The van der Waals surface area contributed by atoms with Crippen molar-refractivity contribution in [3.63, 3.8) is 0 Å². The first kappa shape index (κ1) is 10.2. The van der Waals surface area contributed by atoms with E-state index >= 15 is 0 Å². The van der Waals surface area contributed by atoms with E-state index in [9.17, 15) is 0 Å². The smallest absolute Gasteiger partial charge is 0.0873 e. The van der Waals surface area contributed by atoms with Crippen molar-refractivity contribution in [2.45, 2.75) is 26.4 Å². The molecule has 0 aliphatic carbocycles. The lowest BCUT2D eigenvalue weighted by atomic mass is 10.2. The zero-order chi connectivity index (χ0) is 9.52. The zero-order valence-corrected chi connectivity index (χ0v) is 8.19. The summed E-state index contributed by atoms with van der Waals surface area (Å²) in [6.07, 6.45) is 1.03. The van der Waals surface area contributed by atoms with Crippen LogP contribution in [0.2, 0.25) is 0 Å². The van der Waals surface area contributed by atoms with Crippen LogP contribution in [0.4, 0.5) is 0 Å². The fraction of sp³-hybridized carbons (Fsp3) is 0.455. The van der Waals surface area contributed by atoms with E-state index in [-0.39, 0.29) is 6.10 Å². The van der Waals surface area contributed by atoms with Crippen LogP contribution in [0.15, 0.2) is 30.3 Å². The summed E-state index contributed by atoms with van der Waals surface area (Å²) in [6.45, 7) is 4.51. The second kappa shape index (κ2) is 5.73. The van der Waals surface area contributed by atoms with E-state index < -0.39 is 0 Å². The fourth-order valence-corrected chi connectivity index (χ4v) is 0.988. The summed E-state index contributed by atoms with van der Waals surface area (Å²) in [6, 6.07) is 10.2. The SMILES string of the molecule is CC(C)OOCCc1ccccc1. The third-order valence-electron chi connectivity index (χ3n) is 1.58. The maximum atomic E-state index is 5.00. The van der Waals surface area contributed by atoms with Crippen LogP contribution < -0.4 is 0 Å². The average molecular weight is 180 g/mol. The predicted octanol–water partition coefficient (Wildman–Crippen LogP) is 2.59. The largest absolute Gasteiger partial charge is 0.236 e. The lowest BCUT2D eigenvalue weighted by Gasteiger charge is -2.06. The molecule has 0 bridgehead atoms. The zero-order valence-electron chi connectivity index (χ0n) is 8.19. The summed E-state index contributed by atoms with van der Waals surface area (Å²) >= 11 is 0. The molecule has 0 heterocycles. The van der Waals surface area contributed by atoms with Gasteiger partial charge in [-0.05, 0) is 25.8 Å². The van der Waals surface area contributed by atoms with Crippen molar-refractivity contribution >= 4 is 0 Å². The lowest BCUT2D eigenvalue weighted by molar-refractivity contribution is -0.316. The molecule has 0 unspecified atom stereocenters. The first-order valence-corrected chi connectivity index (χ1v) is 4.61. The third kappa shape index (κ3) is 4.65. The third-order valence-corrected chi connectivity index (χ3v) is 1.58. The second-order valence-electron chi connectivity index (χ2n) is 3.20. The van der Waals surface area contributed by atoms with Crippen molar-refractivity contribution in [2.24, 2.45) is 0 Å². The molecule has 0 aliphatic rings. The number of hydrogen-bond acceptors (Lipinski definition) is 2. The topological polar surface area (TPSA) is 18.5 Å². The molecule has 0 aliphatic heterocycles. The maximum absolute atomic E-state index is 5.00. The molecule has 0 N–H and O–H groups in total. The molecule has 1 rings (SSSR count). The molecular weight excluding hydrogens is 164 g/mol. The number of benzene rings is 1. The van der Waals surface area contributed by atoms with Gasteiger partial charge in [0.05, 0.1) is 12.7 Å². The lowest BCUT2D eigenvalue weighted by Crippen LogP contribution is -2.06. The number of rotatable bonds is 5. The Hall–Kier alpha value is -0.860. The predicted molar refractivity (Wildman–Crippen MR) is 52.3 cm³/mol. The summed E-state index contributed by atoms with van der Waals surface area (Å²) in [7, 11) is 0. The van der Waals surface area contributed by atoms with Gasteiger partial charge in [0.1, 0.15) is 0 Å². The molecule has 2 nitrogen and oxygen atoms in total. The Kier molecular flexibility index (Phi) is 4.50. The van der Waals surface area contributed by atoms with Gasteiger partial charge in [-0.25, -0.2) is 9.78 Å². The van der Waals surface area contributed by atoms with Crippen LogP contribution in [-0.2, 0) is 16.2 Å². The minimum atomic E-state index is 0.135. The molecule has 0 aromatic heterocycles. The van der Waals surface area contributed by atoms with Gasteiger partial charge in [0.15, 0.2) is 0 Å². The van der Waals surface area contributed by atoms with Crippen LogP contribution in [0, 0.1) is 0 Å². The van der Waals surface area contributed by atoms with Crippen LogP contribution >= 0.6 is 0 Å². The van der Waals surface area contributed by atoms with Crippen molar-refractivity contribution in [1.82, 2.24) is 0 Å². The minimum Gasteiger partial charge on any atom is -0.236 e. The molecule has 1 aromatic rings. The number of hydrogen-bond donors (Lipinski definition) is 0. The van der Waals surface area contributed by atoms with Crippen molar-refractivity contribution in [3.8, 4) is 0 Å². The van der Waals surface area contributed by atoms with Gasteiger partial charge in [0.2, 0.25) is 0 Å². The van der Waals surface area contributed by atoms with Crippen molar-refractivity contribution in [1.29, 1.82) is 0 Å². The van der Waals surface area contributed by atoms with Gasteiger partial charge in [0.25, 0.3) is 0 Å². The molecule has 0 atom stereocenters. The van der Waals surface area contributed by atoms with Crippen molar-refractivity contribution in [3.05, 3.63) is 35.9 Å². The van der Waals surface area contributed by atoms with E-state index in [1.807, 2.05) is 32.0 Å². The summed E-state index contributed by atoms with van der Waals surface area (Å²) in [5.74, 6) is 0. The Morgan fingerprint density at radius 3 is 2.46 bits per heavy atom. The summed E-state index contributed by atoms with van der Waals surface area (Å²) < 4.78 is 0. The van der Waals surface area contributed by atoms with Gasteiger partial charge in [-0.2, -0.15) is 0 Å². The first-order chi connectivity index (χ1) is 6.29. The van der Waals surface area contributed by atoms with Crippen LogP contribution in [-0.4, -0.2) is 12.7 Å². The van der Waals surface area contributed by atoms with E-state index in [4.69, 9.17) is 9.78 Å². The average Bonchev–Trinajstić information content (AvgIpc) is 2.14. The molecule has 0 saturated heterocycles. The van der Waals surface area contributed by atoms with E-state index in [0.29, 0.717) is 6.61 Å². The van der Waals surface area contributed by atoms with Crippen molar-refractivity contribution < 1.29 is 9.78 Å². The highest BCUT2D eigenvalue weighted by molar-refractivity contribution is 5.14. The van der Waals surface area contributed by atoms with Crippen LogP contribution in [0.25, 0.3) is 0 Å². The molecule has 0 saturated carbocycles. The van der Waals surface area contributed by atoms with Crippen LogP contribution in [0.3, 0.4) is 0 Å². The Bertz CT molecular complexity index is 219. The highest BCUT2D eigenvalue weighted by Gasteiger charge is 1.94. The highest BCUT2D eigenvalue weighted by atomic mass is 17.2. The molecule has 2 heteroatoms. The summed E-state index contributed by atoms with van der Waals surface area (Å²) in [5, 5.41) is 0. The first-order valence-electron chi connectivity index (χ1n) is 4.61. The summed E-state index contributed by atoms with van der Waals surface area (Å²) in [4.78, 5) is 9.96. The molecular formula is C11H16O2. The standard InChI is InChI=1S/C11H16O2/c1-10(2)13-12-9-8-11-6-4-3-5-7-11/h3-7,10H,8-9H2,1-2H3. The molecule has 13 heavy (non-hydrogen) atoms. The van der Waals surface area contributed by atoms with Gasteiger partial charge in [-0.15, -0.1) is 0 Å². The van der Waals surface area contributed by atoms with E-state index in [0.717, 1.165) is 6.42 Å². The maximum Gasteiger partial charge on any atom is 0.0873 e. The van der Waals surface area contributed by atoms with E-state index in [2.05, 4.69) is 12.1 Å². The van der Waals surface area contributed by atoms with Gasteiger partial charge >= 0.3 is 0 Å². The second-order valence-corrected chi connectivity index (χ2v) is 3.20. The molecule has 0 amide bonds. The fourth-order valence-electron chi connectivity index (χ4n) is 0.988. The quantitative estimate of drug-likeness (QED) is 0.394. The van der Waals surface area contributed by atoms with Crippen LogP contribution in [0.5, 0.6) is 0 Å². The Morgan fingerprint density at radius 2 is 1.85 bits per heavy atom. The van der Waals surface area contributed by atoms with Gasteiger partial charge in [0, 0.05) is 0 Å². The Morgan fingerprint density at radius 1 is 1.15 bits per heavy atom. The minimum absolute atomic E-state index is 0.135. The molecule has 72 valence electrons. The molecule has 0 spiro atoms. The molecule has 0 radical (unpaired) electrons. The van der Waals surface area contributed by atoms with Gasteiger partial charge < -0.3 is 0 Å².